The molecule has 0 aliphatic carbocycles. The molecule has 9 nitrogen and oxygen atoms in total. The van der Waals surface area contributed by atoms with E-state index in [9.17, 15) is 4.79 Å². The maximum Gasteiger partial charge on any atom is 0.303 e. The first kappa shape index (κ1) is 25.5. The van der Waals surface area contributed by atoms with Crippen LogP contribution in [0.4, 0.5) is 0 Å². The van der Waals surface area contributed by atoms with Crippen LogP contribution >= 0.6 is 0 Å². The molecule has 1 fully saturated rings. The number of azide groups is 1. The molecule has 1 aliphatic heterocycles. The van der Waals surface area contributed by atoms with Crippen LogP contribution in [0.15, 0.2) is 59.7 Å². The predicted octanol–water partition coefficient (Wildman–Crippen LogP) is 4.59. The van der Waals surface area contributed by atoms with E-state index in [1.165, 1.54) is 6.92 Å². The van der Waals surface area contributed by atoms with Crippen LogP contribution in [-0.2, 0) is 37.0 Å². The Morgan fingerprint density at radius 2 is 1.88 bits per heavy atom. The molecule has 0 spiro atoms. The van der Waals surface area contributed by atoms with E-state index in [1.54, 1.807) is 7.11 Å². The van der Waals surface area contributed by atoms with Crippen LogP contribution in [0.1, 0.15) is 30.9 Å². The first-order valence-electron chi connectivity index (χ1n) is 11.3. The summed E-state index contributed by atoms with van der Waals surface area (Å²) in [6.45, 7) is 2.67. The van der Waals surface area contributed by atoms with Gasteiger partial charge in [-0.25, -0.2) is 0 Å². The summed E-state index contributed by atoms with van der Waals surface area (Å²) >= 11 is 0. The van der Waals surface area contributed by atoms with Crippen LogP contribution < -0.4 is 4.74 Å². The van der Waals surface area contributed by atoms with Crippen molar-refractivity contribution in [3.8, 4) is 5.75 Å². The largest absolute Gasteiger partial charge is 0.497 e. The Labute approximate surface area is 199 Å². The van der Waals surface area contributed by atoms with Crippen molar-refractivity contribution in [1.29, 1.82) is 0 Å². The summed E-state index contributed by atoms with van der Waals surface area (Å²) in [6.07, 6.45) is -0.599. The average Bonchev–Trinajstić information content (AvgIpc) is 3.24. The van der Waals surface area contributed by atoms with Crippen LogP contribution in [0, 0.1) is 0 Å². The highest BCUT2D eigenvalue weighted by molar-refractivity contribution is 5.66. The molecule has 2 aromatic carbocycles. The van der Waals surface area contributed by atoms with E-state index in [2.05, 4.69) is 10.0 Å². The van der Waals surface area contributed by atoms with Crippen molar-refractivity contribution in [3.63, 3.8) is 0 Å². The maximum absolute atomic E-state index is 11.7. The smallest absolute Gasteiger partial charge is 0.303 e. The van der Waals surface area contributed by atoms with Crippen molar-refractivity contribution < 1.29 is 28.5 Å². The number of carbonyl (C=O) groups excluding carboxylic acids is 1. The summed E-state index contributed by atoms with van der Waals surface area (Å²) in [6, 6.07) is 17.4. The molecule has 1 saturated heterocycles. The fourth-order valence-electron chi connectivity index (χ4n) is 3.88. The molecule has 3 rings (SSSR count). The lowest BCUT2D eigenvalue weighted by Gasteiger charge is -2.29. The van der Waals surface area contributed by atoms with Crippen LogP contribution in [0.5, 0.6) is 5.75 Å². The third-order valence-corrected chi connectivity index (χ3v) is 5.55. The molecule has 0 saturated carbocycles. The Bertz CT molecular complexity index is 933. The number of esters is 1. The molecule has 34 heavy (non-hydrogen) atoms. The maximum atomic E-state index is 11.7. The van der Waals surface area contributed by atoms with Gasteiger partial charge in [-0.2, -0.15) is 0 Å². The predicted molar refractivity (Wildman–Crippen MR) is 125 cm³/mol. The van der Waals surface area contributed by atoms with Gasteiger partial charge < -0.3 is 23.7 Å². The Morgan fingerprint density at radius 1 is 1.15 bits per heavy atom. The van der Waals surface area contributed by atoms with Gasteiger partial charge in [-0.15, -0.1) is 0 Å². The molecule has 9 heteroatoms. The SMILES string of the molecule is COc1ccc(COC2C(OC(C)=O)CO[C@@H]2[C@@H](CCCN=[N+]=[N-])OCc2ccccc2)cc1. The van der Waals surface area contributed by atoms with E-state index >= 15 is 0 Å². The van der Waals surface area contributed by atoms with Crippen molar-refractivity contribution in [2.45, 2.75) is 57.4 Å². The highest BCUT2D eigenvalue weighted by Crippen LogP contribution is 2.29. The van der Waals surface area contributed by atoms with E-state index in [0.29, 0.717) is 32.6 Å². The van der Waals surface area contributed by atoms with Crippen molar-refractivity contribution in [3.05, 3.63) is 76.2 Å². The molecule has 4 atom stereocenters. The molecule has 0 radical (unpaired) electrons. The van der Waals surface area contributed by atoms with E-state index < -0.39 is 24.3 Å². The lowest BCUT2D eigenvalue weighted by molar-refractivity contribution is -0.155. The van der Waals surface area contributed by atoms with Gasteiger partial charge in [-0.1, -0.05) is 47.6 Å². The number of rotatable bonds is 13. The second kappa shape index (κ2) is 13.6. The minimum absolute atomic E-state index is 0.221. The molecule has 2 aromatic rings. The normalized spacial score (nSPS) is 20.4. The Hall–Kier alpha value is -3.10. The average molecular weight is 470 g/mol. The second-order valence-electron chi connectivity index (χ2n) is 8.00. The number of nitrogens with zero attached hydrogens (tertiary/aromatic N) is 3. The molecular formula is C25H31N3O6. The Balaban J connectivity index is 1.73. The zero-order valence-electron chi connectivity index (χ0n) is 19.5. The van der Waals surface area contributed by atoms with Crippen LogP contribution in [0.2, 0.25) is 0 Å². The topological polar surface area (TPSA) is 112 Å². The summed E-state index contributed by atoms with van der Waals surface area (Å²) in [4.78, 5) is 14.5. The Morgan fingerprint density at radius 3 is 2.56 bits per heavy atom. The molecule has 0 N–H and O–H groups in total. The third-order valence-electron chi connectivity index (χ3n) is 5.55. The number of hydrogen-bond acceptors (Lipinski definition) is 7. The van der Waals surface area contributed by atoms with Gasteiger partial charge in [0.2, 0.25) is 0 Å². The molecule has 1 aliphatic rings. The zero-order valence-corrected chi connectivity index (χ0v) is 19.5. The molecule has 2 unspecified atom stereocenters. The van der Waals surface area contributed by atoms with Gasteiger partial charge in [0.15, 0.2) is 6.10 Å². The van der Waals surface area contributed by atoms with E-state index in [0.717, 1.165) is 16.9 Å². The highest BCUT2D eigenvalue weighted by Gasteiger charge is 2.44. The Kier molecular flexibility index (Phi) is 10.2. The van der Waals surface area contributed by atoms with Gasteiger partial charge in [-0.05, 0) is 41.6 Å². The number of hydrogen-bond donors (Lipinski definition) is 0. The first-order valence-corrected chi connectivity index (χ1v) is 11.3. The van der Waals surface area contributed by atoms with Gasteiger partial charge in [0.25, 0.3) is 0 Å². The van der Waals surface area contributed by atoms with Gasteiger partial charge in [-0.3, -0.25) is 4.79 Å². The van der Waals surface area contributed by atoms with Crippen LogP contribution in [0.3, 0.4) is 0 Å². The van der Waals surface area contributed by atoms with Gasteiger partial charge in [0.1, 0.15) is 18.0 Å². The van der Waals surface area contributed by atoms with Gasteiger partial charge in [0.05, 0.1) is 33.0 Å². The minimum atomic E-state index is -0.541. The quantitative estimate of drug-likeness (QED) is 0.139. The minimum Gasteiger partial charge on any atom is -0.497 e. The highest BCUT2D eigenvalue weighted by atomic mass is 16.6. The summed E-state index contributed by atoms with van der Waals surface area (Å²) in [5.74, 6) is 0.371. The molecule has 0 amide bonds. The number of benzene rings is 2. The summed E-state index contributed by atoms with van der Waals surface area (Å²) in [5.41, 5.74) is 10.6. The molecule has 182 valence electrons. The fraction of sp³-hybridized carbons (Fsp3) is 0.480. The van der Waals surface area contributed by atoms with E-state index in [4.69, 9.17) is 29.2 Å². The number of methoxy groups -OCH3 is 1. The van der Waals surface area contributed by atoms with E-state index in [-0.39, 0.29) is 12.7 Å². The van der Waals surface area contributed by atoms with Crippen molar-refractivity contribution in [2.24, 2.45) is 5.11 Å². The van der Waals surface area contributed by atoms with Crippen molar-refractivity contribution in [1.82, 2.24) is 0 Å². The molecule has 0 aromatic heterocycles. The summed E-state index contributed by atoms with van der Waals surface area (Å²) in [5, 5.41) is 3.63. The van der Waals surface area contributed by atoms with Crippen LogP contribution in [0.25, 0.3) is 10.4 Å². The molecular weight excluding hydrogens is 438 g/mol. The second-order valence-corrected chi connectivity index (χ2v) is 8.00. The van der Waals surface area contributed by atoms with Crippen molar-refractivity contribution >= 4 is 5.97 Å². The lowest BCUT2D eigenvalue weighted by Crippen LogP contribution is -2.43. The van der Waals surface area contributed by atoms with Gasteiger partial charge in [0, 0.05) is 18.4 Å². The molecule has 1 heterocycles. The molecule has 0 bridgehead atoms. The third kappa shape index (κ3) is 7.74. The summed E-state index contributed by atoms with van der Waals surface area (Å²) < 4.78 is 29.3. The first-order chi connectivity index (χ1) is 16.6. The number of carbonyl (C=O) groups is 1. The zero-order chi connectivity index (χ0) is 24.2. The standard InChI is InChI=1S/C25H31N3O6/c1-18(29)34-23-17-33-24(25(23)32-16-20-10-12-21(30-2)13-11-20)22(9-6-14-27-28-26)31-15-19-7-4-3-5-8-19/h3-5,7-8,10-13,22-25H,6,9,14-17H2,1-2H3/t22-,23?,24-,25?/m1/s1. The lowest BCUT2D eigenvalue weighted by atomic mass is 10.0. The fourth-order valence-corrected chi connectivity index (χ4v) is 3.88. The van der Waals surface area contributed by atoms with Crippen LogP contribution in [-0.4, -0.2) is 50.6 Å². The van der Waals surface area contributed by atoms with Crippen molar-refractivity contribution in [2.75, 3.05) is 20.3 Å². The summed E-state index contributed by atoms with van der Waals surface area (Å²) in [7, 11) is 1.62. The number of ether oxygens (including phenoxy) is 5. The van der Waals surface area contributed by atoms with Gasteiger partial charge >= 0.3 is 5.97 Å². The van der Waals surface area contributed by atoms with E-state index in [1.807, 2.05) is 54.6 Å². The monoisotopic (exact) mass is 469 g/mol.